The lowest BCUT2D eigenvalue weighted by atomic mass is 10.2. The Morgan fingerprint density at radius 2 is 1.90 bits per heavy atom. The molecule has 1 amide bonds. The lowest BCUT2D eigenvalue weighted by molar-refractivity contribution is 0.0977. The van der Waals surface area contributed by atoms with Crippen molar-refractivity contribution < 1.29 is 13.9 Å². The molecule has 0 spiro atoms. The van der Waals surface area contributed by atoms with Crippen molar-refractivity contribution in [2.24, 2.45) is 0 Å². The minimum absolute atomic E-state index is 0.199. The molecule has 31 heavy (non-hydrogen) atoms. The average Bonchev–Trinajstić information content (AvgIpc) is 3.20. The normalized spacial score (nSPS) is 10.6. The predicted molar refractivity (Wildman–Crippen MR) is 128 cm³/mol. The van der Waals surface area contributed by atoms with Crippen LogP contribution < -0.4 is 15.4 Å². The van der Waals surface area contributed by atoms with Gasteiger partial charge in [0.25, 0.3) is 5.91 Å². The molecule has 4 rings (SSSR count). The standard InChI is InChI=1S/C23H18BrN3O3S/c1-2-29-19-12-9-15(13-17(19)24)21(28)27-23(31)25-16-10-7-14(8-11-16)22-26-18-5-3-4-6-20(18)30-22/h3-13H,2H2,1H3,(H2,25,27,28,31). The number of nitrogens with one attached hydrogen (secondary N) is 2. The number of para-hydroxylation sites is 2. The lowest BCUT2D eigenvalue weighted by Crippen LogP contribution is -2.34. The van der Waals surface area contributed by atoms with Crippen LogP contribution in [0.25, 0.3) is 22.6 Å². The first-order chi connectivity index (χ1) is 15.0. The molecule has 0 aliphatic carbocycles. The zero-order chi connectivity index (χ0) is 21.8. The highest BCUT2D eigenvalue weighted by atomic mass is 79.9. The number of rotatable bonds is 5. The minimum atomic E-state index is -0.315. The fourth-order valence-corrected chi connectivity index (χ4v) is 3.65. The number of carbonyl (C=O) groups is 1. The van der Waals surface area contributed by atoms with E-state index in [-0.39, 0.29) is 11.0 Å². The van der Waals surface area contributed by atoms with Gasteiger partial charge in [0.2, 0.25) is 5.89 Å². The van der Waals surface area contributed by atoms with Crippen molar-refractivity contribution in [2.75, 3.05) is 11.9 Å². The molecule has 2 N–H and O–H groups in total. The number of halogens is 1. The molecular formula is C23H18BrN3O3S. The van der Waals surface area contributed by atoms with Gasteiger partial charge in [-0.15, -0.1) is 0 Å². The van der Waals surface area contributed by atoms with Crippen LogP contribution in [0.5, 0.6) is 5.75 Å². The molecule has 0 radical (unpaired) electrons. The molecule has 0 atom stereocenters. The number of carbonyl (C=O) groups excluding carboxylic acids is 1. The van der Waals surface area contributed by atoms with Gasteiger partial charge in [-0.3, -0.25) is 10.1 Å². The van der Waals surface area contributed by atoms with Crippen molar-refractivity contribution in [2.45, 2.75) is 6.92 Å². The Balaban J connectivity index is 1.39. The van der Waals surface area contributed by atoms with E-state index >= 15 is 0 Å². The Kier molecular flexibility index (Phi) is 6.29. The van der Waals surface area contributed by atoms with Crippen molar-refractivity contribution in [3.8, 4) is 17.2 Å². The van der Waals surface area contributed by atoms with E-state index in [1.54, 1.807) is 18.2 Å². The van der Waals surface area contributed by atoms with Gasteiger partial charge in [0.1, 0.15) is 11.3 Å². The van der Waals surface area contributed by atoms with E-state index < -0.39 is 0 Å². The number of aromatic nitrogens is 1. The molecule has 0 aliphatic heterocycles. The van der Waals surface area contributed by atoms with E-state index in [9.17, 15) is 4.79 Å². The maximum absolute atomic E-state index is 12.5. The van der Waals surface area contributed by atoms with Crippen molar-refractivity contribution in [3.63, 3.8) is 0 Å². The summed E-state index contributed by atoms with van der Waals surface area (Å²) in [6, 6.07) is 20.2. The third-order valence-electron chi connectivity index (χ3n) is 4.40. The van der Waals surface area contributed by atoms with Crippen LogP contribution in [0.4, 0.5) is 5.69 Å². The summed E-state index contributed by atoms with van der Waals surface area (Å²) in [5, 5.41) is 5.88. The zero-order valence-electron chi connectivity index (χ0n) is 16.5. The fraction of sp³-hybridized carbons (Fsp3) is 0.0870. The molecular weight excluding hydrogens is 478 g/mol. The first-order valence-electron chi connectivity index (χ1n) is 9.54. The highest BCUT2D eigenvalue weighted by Gasteiger charge is 2.12. The van der Waals surface area contributed by atoms with Crippen molar-refractivity contribution in [1.29, 1.82) is 0 Å². The fourth-order valence-electron chi connectivity index (χ4n) is 2.94. The number of amides is 1. The van der Waals surface area contributed by atoms with E-state index in [2.05, 4.69) is 31.5 Å². The molecule has 0 fully saturated rings. The molecule has 156 valence electrons. The second-order valence-electron chi connectivity index (χ2n) is 6.55. The van der Waals surface area contributed by atoms with Gasteiger partial charge in [0.15, 0.2) is 10.7 Å². The van der Waals surface area contributed by atoms with Crippen molar-refractivity contribution in [1.82, 2.24) is 10.3 Å². The zero-order valence-corrected chi connectivity index (χ0v) is 18.9. The summed E-state index contributed by atoms with van der Waals surface area (Å²) in [7, 11) is 0. The third-order valence-corrected chi connectivity index (χ3v) is 5.23. The number of hydrogen-bond donors (Lipinski definition) is 2. The second-order valence-corrected chi connectivity index (χ2v) is 7.81. The van der Waals surface area contributed by atoms with E-state index in [0.29, 0.717) is 28.3 Å². The maximum Gasteiger partial charge on any atom is 0.257 e. The van der Waals surface area contributed by atoms with Crippen LogP contribution in [0.1, 0.15) is 17.3 Å². The smallest absolute Gasteiger partial charge is 0.257 e. The number of fused-ring (bicyclic) bond motifs is 1. The van der Waals surface area contributed by atoms with Crippen LogP contribution >= 0.6 is 28.1 Å². The Bertz CT molecular complexity index is 1220. The molecule has 0 saturated carbocycles. The van der Waals surface area contributed by atoms with Crippen LogP contribution in [-0.2, 0) is 0 Å². The predicted octanol–water partition coefficient (Wildman–Crippen LogP) is 5.78. The molecule has 6 nitrogen and oxygen atoms in total. The molecule has 0 aliphatic rings. The van der Waals surface area contributed by atoms with E-state index in [0.717, 1.165) is 22.4 Å². The van der Waals surface area contributed by atoms with Crippen LogP contribution in [-0.4, -0.2) is 22.6 Å². The number of hydrogen-bond acceptors (Lipinski definition) is 5. The molecule has 3 aromatic carbocycles. The summed E-state index contributed by atoms with van der Waals surface area (Å²) < 4.78 is 11.9. The summed E-state index contributed by atoms with van der Waals surface area (Å²) in [5.41, 5.74) is 3.59. The Morgan fingerprint density at radius 1 is 1.13 bits per heavy atom. The van der Waals surface area contributed by atoms with Crippen LogP contribution in [0.2, 0.25) is 0 Å². The summed E-state index contributed by atoms with van der Waals surface area (Å²) in [4.78, 5) is 17.0. The molecule has 0 bridgehead atoms. The molecule has 0 saturated heterocycles. The second kappa shape index (κ2) is 9.28. The number of nitrogens with zero attached hydrogens (tertiary/aromatic N) is 1. The largest absolute Gasteiger partial charge is 0.493 e. The van der Waals surface area contributed by atoms with Gasteiger partial charge in [-0.2, -0.15) is 0 Å². The number of ether oxygens (including phenoxy) is 1. The van der Waals surface area contributed by atoms with Gasteiger partial charge < -0.3 is 14.5 Å². The van der Waals surface area contributed by atoms with Gasteiger partial charge in [0, 0.05) is 16.8 Å². The SMILES string of the molecule is CCOc1ccc(C(=O)NC(=S)Nc2ccc(-c3nc4ccccc4o3)cc2)cc1Br. The lowest BCUT2D eigenvalue weighted by Gasteiger charge is -2.11. The highest BCUT2D eigenvalue weighted by Crippen LogP contribution is 2.26. The van der Waals surface area contributed by atoms with Crippen molar-refractivity contribution >= 4 is 56.0 Å². The summed E-state index contributed by atoms with van der Waals surface area (Å²) in [5.74, 6) is 0.910. The number of oxazole rings is 1. The molecule has 1 aromatic heterocycles. The highest BCUT2D eigenvalue weighted by molar-refractivity contribution is 9.10. The Labute approximate surface area is 192 Å². The topological polar surface area (TPSA) is 76.4 Å². The Morgan fingerprint density at radius 3 is 2.61 bits per heavy atom. The molecule has 8 heteroatoms. The first-order valence-corrected chi connectivity index (χ1v) is 10.7. The van der Waals surface area contributed by atoms with E-state index in [1.165, 1.54) is 0 Å². The summed E-state index contributed by atoms with van der Waals surface area (Å²) in [6.45, 7) is 2.44. The Hall–Kier alpha value is -3.23. The first kappa shape index (κ1) is 21.0. The minimum Gasteiger partial charge on any atom is -0.493 e. The van der Waals surface area contributed by atoms with Crippen molar-refractivity contribution in [3.05, 3.63) is 76.8 Å². The molecule has 1 heterocycles. The summed E-state index contributed by atoms with van der Waals surface area (Å²) in [6.07, 6.45) is 0. The van der Waals surface area contributed by atoms with Gasteiger partial charge in [0.05, 0.1) is 11.1 Å². The van der Waals surface area contributed by atoms with Gasteiger partial charge in [-0.05, 0) is 89.7 Å². The van der Waals surface area contributed by atoms with E-state index in [4.69, 9.17) is 21.4 Å². The van der Waals surface area contributed by atoms with Gasteiger partial charge in [-0.25, -0.2) is 4.98 Å². The van der Waals surface area contributed by atoms with Gasteiger partial charge in [-0.1, -0.05) is 12.1 Å². The molecule has 4 aromatic rings. The van der Waals surface area contributed by atoms with Crippen LogP contribution in [0.3, 0.4) is 0 Å². The summed E-state index contributed by atoms with van der Waals surface area (Å²) >= 11 is 8.68. The number of benzene rings is 3. The van der Waals surface area contributed by atoms with Crippen LogP contribution in [0, 0.1) is 0 Å². The number of anilines is 1. The third kappa shape index (κ3) is 4.92. The van der Waals surface area contributed by atoms with Crippen LogP contribution in [0.15, 0.2) is 75.6 Å². The van der Waals surface area contributed by atoms with Gasteiger partial charge >= 0.3 is 0 Å². The average molecular weight is 496 g/mol. The maximum atomic E-state index is 12.5. The quantitative estimate of drug-likeness (QED) is 0.341. The van der Waals surface area contributed by atoms with E-state index in [1.807, 2.05) is 55.5 Å². The monoisotopic (exact) mass is 495 g/mol. The molecule has 0 unspecified atom stereocenters. The number of thiocarbonyl (C=S) groups is 1.